The van der Waals surface area contributed by atoms with Gasteiger partial charge in [0.1, 0.15) is 12.4 Å². The molecule has 0 bridgehead atoms. The summed E-state index contributed by atoms with van der Waals surface area (Å²) in [6.45, 7) is 0.421. The Morgan fingerprint density at radius 1 is 1.12 bits per heavy atom. The highest BCUT2D eigenvalue weighted by molar-refractivity contribution is 9.10. The molecule has 0 fully saturated rings. The minimum absolute atomic E-state index is 0.421. The van der Waals surface area contributed by atoms with Crippen LogP contribution in [0.4, 0.5) is 0 Å². The molecule has 0 N–H and O–H groups in total. The average molecular weight is 377 g/mol. The molecule has 2 nitrogen and oxygen atoms in total. The summed E-state index contributed by atoms with van der Waals surface area (Å²) in [6.07, 6.45) is 3.37. The Bertz CT molecular complexity index is 534. The quantitative estimate of drug-likeness (QED) is 0.764. The first-order valence-electron chi connectivity index (χ1n) is 4.82. The van der Waals surface area contributed by atoms with Crippen molar-refractivity contribution in [1.29, 1.82) is 0 Å². The van der Waals surface area contributed by atoms with Gasteiger partial charge in [0, 0.05) is 25.7 Å². The molecule has 1 aromatic heterocycles. The lowest BCUT2D eigenvalue weighted by atomic mass is 10.2. The lowest BCUT2D eigenvalue weighted by molar-refractivity contribution is 0.305. The summed E-state index contributed by atoms with van der Waals surface area (Å²) >= 11 is 12.8. The maximum atomic E-state index is 6.09. The number of aromatic nitrogens is 1. The predicted octanol–water partition coefficient (Wildman–Crippen LogP) is 4.84. The number of hydrogen-bond donors (Lipinski definition) is 0. The molecular formula is C12H8Br2ClNO. The van der Waals surface area contributed by atoms with Crippen LogP contribution in [0.5, 0.6) is 5.75 Å². The highest BCUT2D eigenvalue weighted by Crippen LogP contribution is 2.23. The van der Waals surface area contributed by atoms with Gasteiger partial charge >= 0.3 is 0 Å². The number of ether oxygens (including phenoxy) is 1. The van der Waals surface area contributed by atoms with Crippen molar-refractivity contribution in [2.75, 3.05) is 0 Å². The van der Waals surface area contributed by atoms with Crippen molar-refractivity contribution < 1.29 is 4.74 Å². The predicted molar refractivity (Wildman–Crippen MR) is 75.4 cm³/mol. The molecule has 0 amide bonds. The molecule has 2 rings (SSSR count). The van der Waals surface area contributed by atoms with E-state index in [1.54, 1.807) is 12.4 Å². The molecule has 0 saturated carbocycles. The second-order valence-electron chi connectivity index (χ2n) is 3.36. The molecule has 0 saturated heterocycles. The Labute approximate surface area is 121 Å². The lowest BCUT2D eigenvalue weighted by Crippen LogP contribution is -1.96. The molecule has 0 atom stereocenters. The van der Waals surface area contributed by atoms with E-state index in [0.29, 0.717) is 17.4 Å². The Hall–Kier alpha value is -0.580. The summed E-state index contributed by atoms with van der Waals surface area (Å²) in [5, 5.41) is 0.683. The minimum atomic E-state index is 0.421. The lowest BCUT2D eigenvalue weighted by Gasteiger charge is -2.07. The maximum Gasteiger partial charge on any atom is 0.139 e. The smallest absolute Gasteiger partial charge is 0.139 e. The Morgan fingerprint density at radius 2 is 1.94 bits per heavy atom. The van der Waals surface area contributed by atoms with Gasteiger partial charge in [-0.3, -0.25) is 4.98 Å². The zero-order valence-corrected chi connectivity index (χ0v) is 12.6. The number of pyridine rings is 1. The highest BCUT2D eigenvalue weighted by atomic mass is 79.9. The molecule has 0 aliphatic rings. The van der Waals surface area contributed by atoms with E-state index in [-0.39, 0.29) is 0 Å². The number of hydrogen-bond acceptors (Lipinski definition) is 2. The zero-order chi connectivity index (χ0) is 12.3. The van der Waals surface area contributed by atoms with Gasteiger partial charge in [-0.2, -0.15) is 0 Å². The molecule has 1 aromatic carbocycles. The maximum absolute atomic E-state index is 6.09. The summed E-state index contributed by atoms with van der Waals surface area (Å²) < 4.78 is 7.44. The first kappa shape index (κ1) is 12.9. The van der Waals surface area contributed by atoms with Gasteiger partial charge in [0.25, 0.3) is 0 Å². The standard InChI is InChI=1S/C12H8Br2ClNO/c13-9-2-1-8(12(15)4-9)7-17-11-3-10(14)5-16-6-11/h1-6H,7H2. The SMILES string of the molecule is Clc1cc(Br)ccc1COc1cncc(Br)c1. The van der Waals surface area contributed by atoms with Crippen molar-refractivity contribution >= 4 is 43.5 Å². The van der Waals surface area contributed by atoms with Gasteiger partial charge in [0.2, 0.25) is 0 Å². The third-order valence-electron chi connectivity index (χ3n) is 2.09. The van der Waals surface area contributed by atoms with E-state index in [2.05, 4.69) is 36.8 Å². The fourth-order valence-electron chi connectivity index (χ4n) is 1.27. The van der Waals surface area contributed by atoms with Crippen molar-refractivity contribution in [2.45, 2.75) is 6.61 Å². The zero-order valence-electron chi connectivity index (χ0n) is 8.66. The molecule has 0 unspecified atom stereocenters. The highest BCUT2D eigenvalue weighted by Gasteiger charge is 2.02. The molecule has 0 spiro atoms. The van der Waals surface area contributed by atoms with Crippen LogP contribution in [0, 0.1) is 0 Å². The fourth-order valence-corrected chi connectivity index (χ4v) is 2.34. The van der Waals surface area contributed by atoms with Crippen LogP contribution in [0.3, 0.4) is 0 Å². The Balaban J connectivity index is 2.07. The number of halogens is 3. The largest absolute Gasteiger partial charge is 0.487 e. The number of rotatable bonds is 3. The van der Waals surface area contributed by atoms with Crippen molar-refractivity contribution in [3.05, 3.63) is 56.2 Å². The molecule has 88 valence electrons. The third-order valence-corrected chi connectivity index (χ3v) is 3.37. The van der Waals surface area contributed by atoms with Crippen molar-refractivity contribution in [1.82, 2.24) is 4.98 Å². The van der Waals surface area contributed by atoms with Gasteiger partial charge in [-0.05, 0) is 34.1 Å². The van der Waals surface area contributed by atoms with Gasteiger partial charge in [0.15, 0.2) is 0 Å². The van der Waals surface area contributed by atoms with Crippen LogP contribution in [0.1, 0.15) is 5.56 Å². The summed E-state index contributed by atoms with van der Waals surface area (Å²) in [4.78, 5) is 4.02. The summed E-state index contributed by atoms with van der Waals surface area (Å²) in [7, 11) is 0. The molecule has 2 aromatic rings. The van der Waals surface area contributed by atoms with Crippen LogP contribution in [0.2, 0.25) is 5.02 Å². The Morgan fingerprint density at radius 3 is 2.65 bits per heavy atom. The van der Waals surface area contributed by atoms with Crippen LogP contribution < -0.4 is 4.74 Å². The van der Waals surface area contributed by atoms with E-state index in [1.807, 2.05) is 24.3 Å². The van der Waals surface area contributed by atoms with Crippen LogP contribution in [0.15, 0.2) is 45.6 Å². The van der Waals surface area contributed by atoms with E-state index in [4.69, 9.17) is 16.3 Å². The monoisotopic (exact) mass is 375 g/mol. The molecular weight excluding hydrogens is 369 g/mol. The van der Waals surface area contributed by atoms with E-state index < -0.39 is 0 Å². The van der Waals surface area contributed by atoms with Gasteiger partial charge in [-0.1, -0.05) is 33.6 Å². The second kappa shape index (κ2) is 5.85. The molecule has 0 aliphatic carbocycles. The fraction of sp³-hybridized carbons (Fsp3) is 0.0833. The van der Waals surface area contributed by atoms with Crippen molar-refractivity contribution in [3.63, 3.8) is 0 Å². The second-order valence-corrected chi connectivity index (χ2v) is 5.60. The van der Waals surface area contributed by atoms with Crippen LogP contribution >= 0.6 is 43.5 Å². The van der Waals surface area contributed by atoms with E-state index >= 15 is 0 Å². The molecule has 5 heteroatoms. The van der Waals surface area contributed by atoms with Crippen LogP contribution in [0.25, 0.3) is 0 Å². The van der Waals surface area contributed by atoms with Crippen LogP contribution in [-0.2, 0) is 6.61 Å². The minimum Gasteiger partial charge on any atom is -0.487 e. The van der Waals surface area contributed by atoms with Gasteiger partial charge in [-0.25, -0.2) is 0 Å². The van der Waals surface area contributed by atoms with Crippen molar-refractivity contribution in [2.24, 2.45) is 0 Å². The topological polar surface area (TPSA) is 22.1 Å². The molecule has 0 radical (unpaired) electrons. The van der Waals surface area contributed by atoms with Gasteiger partial charge < -0.3 is 4.74 Å². The number of nitrogens with zero attached hydrogens (tertiary/aromatic N) is 1. The summed E-state index contributed by atoms with van der Waals surface area (Å²) in [6, 6.07) is 7.57. The first-order valence-corrected chi connectivity index (χ1v) is 6.79. The van der Waals surface area contributed by atoms with Crippen molar-refractivity contribution in [3.8, 4) is 5.75 Å². The molecule has 17 heavy (non-hydrogen) atoms. The molecule has 1 heterocycles. The molecule has 0 aliphatic heterocycles. The van der Waals surface area contributed by atoms with E-state index in [0.717, 1.165) is 14.5 Å². The van der Waals surface area contributed by atoms with Gasteiger partial charge in [-0.15, -0.1) is 0 Å². The van der Waals surface area contributed by atoms with Crippen LogP contribution in [-0.4, -0.2) is 4.98 Å². The van der Waals surface area contributed by atoms with Gasteiger partial charge in [0.05, 0.1) is 6.20 Å². The third kappa shape index (κ3) is 3.69. The first-order chi connectivity index (χ1) is 8.15. The number of benzene rings is 1. The van der Waals surface area contributed by atoms with E-state index in [9.17, 15) is 0 Å². The summed E-state index contributed by atoms with van der Waals surface area (Å²) in [5.41, 5.74) is 0.940. The normalized spacial score (nSPS) is 10.3. The van der Waals surface area contributed by atoms with E-state index in [1.165, 1.54) is 0 Å². The summed E-state index contributed by atoms with van der Waals surface area (Å²) in [5.74, 6) is 0.707. The average Bonchev–Trinajstić information content (AvgIpc) is 2.28. The Kier molecular flexibility index (Phi) is 4.42.